The number of ether oxygens (including phenoxy) is 4. The van der Waals surface area contributed by atoms with Crippen LogP contribution in [0.3, 0.4) is 0 Å². The van der Waals surface area contributed by atoms with Crippen LogP contribution >= 0.6 is 31.9 Å². The van der Waals surface area contributed by atoms with Gasteiger partial charge >= 0.3 is 17.9 Å². The molecule has 2 aliphatic heterocycles. The molecule has 10 nitrogen and oxygen atoms in total. The monoisotopic (exact) mass is 637 g/mol. The van der Waals surface area contributed by atoms with Gasteiger partial charge in [-0.25, -0.2) is 0 Å². The minimum Gasteiger partial charge on any atom is -0.463 e. The summed E-state index contributed by atoms with van der Waals surface area (Å²) in [6, 6.07) is 0. The molecule has 0 N–H and O–H groups in total. The van der Waals surface area contributed by atoms with Gasteiger partial charge < -0.3 is 18.9 Å². The zero-order valence-corrected chi connectivity index (χ0v) is 24.4. The number of rotatable bonds is 12. The smallest absolute Gasteiger partial charge is 0.322 e. The molecule has 0 radical (unpaired) electrons. The molecule has 202 valence electrons. The van der Waals surface area contributed by atoms with Crippen LogP contribution in [0.25, 0.3) is 0 Å². The molecule has 0 aromatic rings. The molecule has 36 heavy (non-hydrogen) atoms. The van der Waals surface area contributed by atoms with Crippen molar-refractivity contribution in [1.29, 1.82) is 0 Å². The summed E-state index contributed by atoms with van der Waals surface area (Å²) in [5.74, 6) is -3.05. The van der Waals surface area contributed by atoms with E-state index in [1.807, 2.05) is 19.1 Å². The van der Waals surface area contributed by atoms with Gasteiger partial charge in [0.2, 0.25) is 12.3 Å². The van der Waals surface area contributed by atoms with Gasteiger partial charge in [-0.1, -0.05) is 50.9 Å². The molecule has 2 bridgehead atoms. The molecule has 1 saturated heterocycles. The van der Waals surface area contributed by atoms with Crippen LogP contribution in [0.4, 0.5) is 0 Å². The van der Waals surface area contributed by atoms with E-state index in [4.69, 9.17) is 18.9 Å². The normalized spacial score (nSPS) is 23.2. The van der Waals surface area contributed by atoms with E-state index in [0.717, 1.165) is 4.90 Å². The van der Waals surface area contributed by atoms with Crippen LogP contribution in [0.1, 0.15) is 41.5 Å². The number of imide groups is 1. The molecule has 2 heterocycles. The second-order valence-corrected chi connectivity index (χ2v) is 14.2. The maximum atomic E-state index is 13.0. The first-order chi connectivity index (χ1) is 16.5. The van der Waals surface area contributed by atoms with Crippen LogP contribution in [0.2, 0.25) is 0 Å². The Kier molecular flexibility index (Phi) is 9.91. The molecule has 2 amide bonds. The molecule has 0 saturated carbocycles. The summed E-state index contributed by atoms with van der Waals surface area (Å²) >= 11 is 6.39. The highest BCUT2D eigenvalue weighted by Crippen LogP contribution is 2.39. The zero-order chi connectivity index (χ0) is 27.5. The summed E-state index contributed by atoms with van der Waals surface area (Å²) in [5.41, 5.74) is -1.53. The van der Waals surface area contributed by atoms with Crippen LogP contribution in [-0.2, 0) is 42.9 Å². The number of nitrogens with zero attached hydrogens (tertiary/aromatic N) is 1. The molecular formula is C24H33Br2NO9. The van der Waals surface area contributed by atoms with Gasteiger partial charge in [0.05, 0.1) is 24.7 Å². The number of halogens is 2. The van der Waals surface area contributed by atoms with Crippen molar-refractivity contribution in [1.82, 2.24) is 4.90 Å². The quantitative estimate of drug-likeness (QED) is 0.104. The van der Waals surface area contributed by atoms with E-state index in [1.165, 1.54) is 6.92 Å². The van der Waals surface area contributed by atoms with Gasteiger partial charge in [0.25, 0.3) is 0 Å². The first kappa shape index (κ1) is 30.4. The van der Waals surface area contributed by atoms with Gasteiger partial charge in [-0.3, -0.25) is 28.9 Å². The van der Waals surface area contributed by atoms with Gasteiger partial charge in [-0.05, 0) is 34.6 Å². The first-order valence-corrected chi connectivity index (χ1v) is 13.1. The summed E-state index contributed by atoms with van der Waals surface area (Å²) in [5, 5.41) is 0. The van der Waals surface area contributed by atoms with Crippen LogP contribution in [-0.4, -0.2) is 82.3 Å². The van der Waals surface area contributed by atoms with E-state index in [-0.39, 0.29) is 31.3 Å². The number of esters is 3. The first-order valence-electron chi connectivity index (χ1n) is 11.5. The maximum absolute atomic E-state index is 13.0. The predicted molar refractivity (Wildman–Crippen MR) is 135 cm³/mol. The van der Waals surface area contributed by atoms with E-state index < -0.39 is 57.0 Å². The Bertz CT molecular complexity index is 876. The third-order valence-corrected chi connectivity index (χ3v) is 6.66. The number of fused-ring (bicyclic) bond motifs is 2. The lowest BCUT2D eigenvalue weighted by molar-refractivity contribution is -0.172. The summed E-state index contributed by atoms with van der Waals surface area (Å²) in [6.07, 6.45) is 3.58. The molecule has 2 unspecified atom stereocenters. The van der Waals surface area contributed by atoms with Crippen LogP contribution < -0.4 is 0 Å². The second kappa shape index (κ2) is 11.7. The van der Waals surface area contributed by atoms with Crippen molar-refractivity contribution in [3.63, 3.8) is 0 Å². The SMILES string of the molecule is C[C@H]1C2C=CC(O2)[C@H]1C(=O)N(C=O)CCOC(=O)C(C)(COC(=O)C(C)(C)Br)COC(=O)C(C)(C)Br. The molecule has 0 aliphatic carbocycles. The van der Waals surface area contributed by atoms with Crippen molar-refractivity contribution in [2.45, 2.75) is 62.4 Å². The third-order valence-electron chi connectivity index (χ3n) is 6.01. The van der Waals surface area contributed by atoms with Crippen molar-refractivity contribution >= 4 is 62.1 Å². The lowest BCUT2D eigenvalue weighted by atomic mass is 9.83. The highest BCUT2D eigenvalue weighted by atomic mass is 79.9. The predicted octanol–water partition coefficient (Wildman–Crippen LogP) is 2.54. The molecule has 1 fully saturated rings. The fourth-order valence-electron chi connectivity index (χ4n) is 3.63. The topological polar surface area (TPSA) is 126 Å². The Balaban J connectivity index is 2.02. The minimum atomic E-state index is -1.53. The molecular weight excluding hydrogens is 606 g/mol. The average molecular weight is 639 g/mol. The third kappa shape index (κ3) is 7.38. The molecule has 4 atom stereocenters. The number of hydrogen-bond acceptors (Lipinski definition) is 9. The minimum absolute atomic E-state index is 0.0810. The van der Waals surface area contributed by atoms with E-state index in [2.05, 4.69) is 31.9 Å². The fraction of sp³-hybridized carbons (Fsp3) is 0.708. The van der Waals surface area contributed by atoms with E-state index in [1.54, 1.807) is 27.7 Å². The van der Waals surface area contributed by atoms with Crippen molar-refractivity contribution in [2.75, 3.05) is 26.4 Å². The Labute approximate surface area is 227 Å². The summed E-state index contributed by atoms with van der Waals surface area (Å²) < 4.78 is 19.6. The van der Waals surface area contributed by atoms with Crippen LogP contribution in [0.5, 0.6) is 0 Å². The molecule has 2 aliphatic rings. The number of alkyl halides is 2. The fourth-order valence-corrected chi connectivity index (χ4v) is 3.86. The van der Waals surface area contributed by atoms with Gasteiger partial charge in [0, 0.05) is 5.92 Å². The average Bonchev–Trinajstić information content (AvgIpc) is 3.38. The van der Waals surface area contributed by atoms with Gasteiger partial charge in [-0.2, -0.15) is 0 Å². The van der Waals surface area contributed by atoms with Gasteiger partial charge in [0.1, 0.15) is 33.9 Å². The van der Waals surface area contributed by atoms with Crippen LogP contribution in [0.15, 0.2) is 12.2 Å². The number of hydrogen-bond donors (Lipinski definition) is 0. The lowest BCUT2D eigenvalue weighted by Crippen LogP contribution is -2.45. The summed E-state index contributed by atoms with van der Waals surface area (Å²) in [6.45, 7) is 8.36. The summed E-state index contributed by atoms with van der Waals surface area (Å²) in [4.78, 5) is 62.9. The zero-order valence-electron chi connectivity index (χ0n) is 21.2. The number of carbonyl (C=O) groups is 5. The highest BCUT2D eigenvalue weighted by molar-refractivity contribution is 9.10. The largest absolute Gasteiger partial charge is 0.463 e. The number of carbonyl (C=O) groups excluding carboxylic acids is 5. The standard InChI is InChI=1S/C24H33Br2NO9/c1-14-15-7-8-16(36-15)17(14)18(29)27(13-28)9-10-33-21(32)24(6,11-34-19(30)22(2,3)25)12-35-20(31)23(4,5)26/h7-8,13-17H,9-12H2,1-6H3/t14-,15?,16?,17-/m0/s1. The second-order valence-electron chi connectivity index (χ2n) is 10.3. The molecule has 0 aromatic carbocycles. The van der Waals surface area contributed by atoms with Gasteiger partial charge in [0.15, 0.2) is 0 Å². The van der Waals surface area contributed by atoms with Crippen molar-refractivity contribution in [3.8, 4) is 0 Å². The Morgan fingerprint density at radius 3 is 1.81 bits per heavy atom. The van der Waals surface area contributed by atoms with E-state index >= 15 is 0 Å². The van der Waals surface area contributed by atoms with Crippen molar-refractivity contribution in [2.24, 2.45) is 17.3 Å². The van der Waals surface area contributed by atoms with Crippen molar-refractivity contribution < 1.29 is 42.9 Å². The number of amides is 2. The Morgan fingerprint density at radius 1 is 0.889 bits per heavy atom. The summed E-state index contributed by atoms with van der Waals surface area (Å²) in [7, 11) is 0. The van der Waals surface area contributed by atoms with E-state index in [0.29, 0.717) is 6.41 Å². The lowest BCUT2D eigenvalue weighted by Gasteiger charge is -2.29. The molecule has 0 aromatic heterocycles. The highest BCUT2D eigenvalue weighted by Gasteiger charge is 2.48. The van der Waals surface area contributed by atoms with Crippen molar-refractivity contribution in [3.05, 3.63) is 12.2 Å². The molecule has 12 heteroatoms. The van der Waals surface area contributed by atoms with Gasteiger partial charge in [-0.15, -0.1) is 0 Å². The molecule has 0 spiro atoms. The van der Waals surface area contributed by atoms with E-state index in [9.17, 15) is 24.0 Å². The maximum Gasteiger partial charge on any atom is 0.322 e. The Morgan fingerprint density at radius 2 is 1.39 bits per heavy atom. The molecule has 2 rings (SSSR count). The Hall–Kier alpha value is -1.79. The van der Waals surface area contributed by atoms with Crippen LogP contribution in [0, 0.1) is 17.3 Å².